The number of imidazole rings is 1. The molecular formula is C30H35N5O2. The number of nitrogens with zero attached hydrogens (tertiary/aromatic N) is 5. The van der Waals surface area contributed by atoms with E-state index in [0.29, 0.717) is 11.3 Å². The molecule has 0 spiro atoms. The molecule has 3 heterocycles. The van der Waals surface area contributed by atoms with E-state index in [2.05, 4.69) is 80.5 Å². The molecule has 0 bridgehead atoms. The van der Waals surface area contributed by atoms with E-state index < -0.39 is 11.4 Å². The van der Waals surface area contributed by atoms with Crippen molar-refractivity contribution >= 4 is 11.6 Å². The lowest BCUT2D eigenvalue weighted by Gasteiger charge is -2.39. The molecule has 0 atom stereocenters. The van der Waals surface area contributed by atoms with E-state index in [1.165, 1.54) is 11.1 Å². The third kappa shape index (κ3) is 5.58. The van der Waals surface area contributed by atoms with Crippen LogP contribution in [0.1, 0.15) is 48.8 Å². The van der Waals surface area contributed by atoms with Crippen molar-refractivity contribution in [2.45, 2.75) is 38.1 Å². The van der Waals surface area contributed by atoms with Crippen LogP contribution < -0.4 is 0 Å². The van der Waals surface area contributed by atoms with Gasteiger partial charge in [-0.3, -0.25) is 9.69 Å². The molecule has 2 aromatic carbocycles. The highest BCUT2D eigenvalue weighted by Crippen LogP contribution is 2.29. The summed E-state index contributed by atoms with van der Waals surface area (Å²) in [5.41, 5.74) is 3.84. The van der Waals surface area contributed by atoms with Gasteiger partial charge in [0.25, 0.3) is 0 Å². The Morgan fingerprint density at radius 1 is 0.919 bits per heavy atom. The Balaban J connectivity index is 1.17. The van der Waals surface area contributed by atoms with Crippen LogP contribution in [0.5, 0.6) is 0 Å². The standard InChI is InChI=1S/C30H35N5O2/c1-30(2,29(36)37)26-22-35-27(31-26)16-15-25(32-35)14-9-17-33-18-20-34(21-19-33)28(23-10-5-3-6-11-23)24-12-7-4-8-13-24/h3-8,10-13,15-16,22,28H,9,14,17-21H2,1-2H3,(H,36,37). The fraction of sp³-hybridized carbons (Fsp3) is 0.367. The number of hydrogen-bond acceptors (Lipinski definition) is 5. The summed E-state index contributed by atoms with van der Waals surface area (Å²) in [7, 11) is 0. The van der Waals surface area contributed by atoms with Crippen molar-refractivity contribution in [3.8, 4) is 0 Å². The summed E-state index contributed by atoms with van der Waals surface area (Å²) in [6.45, 7) is 8.55. The molecule has 1 N–H and O–H groups in total. The molecule has 1 aliphatic rings. The first-order chi connectivity index (χ1) is 17.9. The van der Waals surface area contributed by atoms with Crippen molar-refractivity contribution in [2.75, 3.05) is 32.7 Å². The molecule has 0 amide bonds. The Labute approximate surface area is 218 Å². The predicted octanol–water partition coefficient (Wildman–Crippen LogP) is 4.43. The van der Waals surface area contributed by atoms with Crippen molar-refractivity contribution in [1.82, 2.24) is 24.4 Å². The number of carboxylic acids is 1. The summed E-state index contributed by atoms with van der Waals surface area (Å²) in [5.74, 6) is -0.893. The van der Waals surface area contributed by atoms with Crippen LogP contribution in [0.15, 0.2) is 79.0 Å². The summed E-state index contributed by atoms with van der Waals surface area (Å²) in [5, 5.41) is 14.2. The quantitative estimate of drug-likeness (QED) is 0.369. The number of carbonyl (C=O) groups is 1. The van der Waals surface area contributed by atoms with E-state index in [1.807, 2.05) is 12.1 Å². The normalized spacial score (nSPS) is 15.4. The minimum absolute atomic E-state index is 0.284. The van der Waals surface area contributed by atoms with Crippen LogP contribution >= 0.6 is 0 Å². The van der Waals surface area contributed by atoms with Gasteiger partial charge >= 0.3 is 5.97 Å². The third-order valence-electron chi connectivity index (χ3n) is 7.46. The maximum absolute atomic E-state index is 11.6. The van der Waals surface area contributed by atoms with Crippen LogP contribution in [0.25, 0.3) is 5.65 Å². The fourth-order valence-corrected chi connectivity index (χ4v) is 5.08. The molecule has 192 valence electrons. The highest BCUT2D eigenvalue weighted by atomic mass is 16.4. The maximum atomic E-state index is 11.6. The lowest BCUT2D eigenvalue weighted by Crippen LogP contribution is -2.48. The van der Waals surface area contributed by atoms with Gasteiger partial charge in [0.15, 0.2) is 5.65 Å². The summed E-state index contributed by atoms with van der Waals surface area (Å²) < 4.78 is 1.71. The van der Waals surface area contributed by atoms with Crippen LogP contribution in [0.2, 0.25) is 0 Å². The van der Waals surface area contributed by atoms with E-state index >= 15 is 0 Å². The number of piperazine rings is 1. The first-order valence-electron chi connectivity index (χ1n) is 13.1. The molecule has 7 nitrogen and oxygen atoms in total. The fourth-order valence-electron chi connectivity index (χ4n) is 5.08. The Kier molecular flexibility index (Phi) is 7.35. The van der Waals surface area contributed by atoms with Gasteiger partial charge in [0.05, 0.1) is 23.6 Å². The van der Waals surface area contributed by atoms with Gasteiger partial charge in [0.1, 0.15) is 5.41 Å². The highest BCUT2D eigenvalue weighted by molar-refractivity contribution is 5.79. The second-order valence-electron chi connectivity index (χ2n) is 10.4. The van der Waals surface area contributed by atoms with Crippen LogP contribution in [0.3, 0.4) is 0 Å². The van der Waals surface area contributed by atoms with E-state index in [0.717, 1.165) is 51.3 Å². The summed E-state index contributed by atoms with van der Waals surface area (Å²) in [4.78, 5) is 21.2. The molecule has 1 aliphatic heterocycles. The van der Waals surface area contributed by atoms with Gasteiger partial charge in [-0.15, -0.1) is 0 Å². The van der Waals surface area contributed by atoms with Gasteiger partial charge in [-0.25, -0.2) is 9.50 Å². The lowest BCUT2D eigenvalue weighted by molar-refractivity contribution is -0.142. The SMILES string of the molecule is CC(C)(C(=O)O)c1cn2nc(CCCN3CCN(C(c4ccccc4)c4ccccc4)CC3)ccc2n1. The largest absolute Gasteiger partial charge is 0.481 e. The molecule has 7 heteroatoms. The number of aryl methyl sites for hydroxylation is 1. The number of benzene rings is 2. The molecule has 0 aliphatic carbocycles. The van der Waals surface area contributed by atoms with Crippen molar-refractivity contribution in [3.63, 3.8) is 0 Å². The average Bonchev–Trinajstić information content (AvgIpc) is 3.35. The first kappa shape index (κ1) is 25.1. The van der Waals surface area contributed by atoms with E-state index in [1.54, 1.807) is 24.6 Å². The number of aromatic nitrogens is 3. The Bertz CT molecular complexity index is 1290. The molecular weight excluding hydrogens is 462 g/mol. The third-order valence-corrected chi connectivity index (χ3v) is 7.46. The molecule has 2 aromatic heterocycles. The van der Waals surface area contributed by atoms with Crippen LogP contribution in [0.4, 0.5) is 0 Å². The zero-order valence-corrected chi connectivity index (χ0v) is 21.6. The number of carboxylic acid groups (broad SMARTS) is 1. The second-order valence-corrected chi connectivity index (χ2v) is 10.4. The Morgan fingerprint density at radius 2 is 1.54 bits per heavy atom. The van der Waals surface area contributed by atoms with Gasteiger partial charge in [-0.2, -0.15) is 5.10 Å². The second kappa shape index (κ2) is 10.8. The maximum Gasteiger partial charge on any atom is 0.315 e. The zero-order chi connectivity index (χ0) is 25.8. The van der Waals surface area contributed by atoms with Gasteiger partial charge in [-0.1, -0.05) is 60.7 Å². The van der Waals surface area contributed by atoms with E-state index in [9.17, 15) is 9.90 Å². The van der Waals surface area contributed by atoms with E-state index in [-0.39, 0.29) is 6.04 Å². The van der Waals surface area contributed by atoms with Gasteiger partial charge in [0.2, 0.25) is 0 Å². The van der Waals surface area contributed by atoms with Crippen LogP contribution in [0, 0.1) is 0 Å². The van der Waals surface area contributed by atoms with Crippen LogP contribution in [-0.4, -0.2) is 68.2 Å². The molecule has 0 saturated carbocycles. The summed E-state index contributed by atoms with van der Waals surface area (Å²) in [6, 6.07) is 25.8. The number of aliphatic carboxylic acids is 1. The first-order valence-corrected chi connectivity index (χ1v) is 13.1. The number of rotatable bonds is 9. The predicted molar refractivity (Wildman–Crippen MR) is 145 cm³/mol. The molecule has 37 heavy (non-hydrogen) atoms. The monoisotopic (exact) mass is 497 g/mol. The van der Waals surface area contributed by atoms with E-state index in [4.69, 9.17) is 0 Å². The summed E-state index contributed by atoms with van der Waals surface area (Å²) in [6.07, 6.45) is 3.65. The van der Waals surface area contributed by atoms with Crippen molar-refractivity contribution in [3.05, 3.63) is 102 Å². The molecule has 5 rings (SSSR count). The molecule has 1 saturated heterocycles. The van der Waals surface area contributed by atoms with Gasteiger partial charge < -0.3 is 10.0 Å². The van der Waals surface area contributed by atoms with Crippen molar-refractivity contribution < 1.29 is 9.90 Å². The molecule has 1 fully saturated rings. The minimum atomic E-state index is -1.05. The van der Waals surface area contributed by atoms with Crippen LogP contribution in [-0.2, 0) is 16.6 Å². The zero-order valence-electron chi connectivity index (χ0n) is 21.6. The molecule has 0 unspecified atom stereocenters. The smallest absolute Gasteiger partial charge is 0.315 e. The average molecular weight is 498 g/mol. The molecule has 0 radical (unpaired) electrons. The number of fused-ring (bicyclic) bond motifs is 1. The Hall–Kier alpha value is -3.55. The van der Waals surface area contributed by atoms with Crippen molar-refractivity contribution in [1.29, 1.82) is 0 Å². The topological polar surface area (TPSA) is 74.0 Å². The Morgan fingerprint density at radius 3 is 2.14 bits per heavy atom. The summed E-state index contributed by atoms with van der Waals surface area (Å²) >= 11 is 0. The minimum Gasteiger partial charge on any atom is -0.481 e. The lowest BCUT2D eigenvalue weighted by atomic mass is 9.90. The van der Waals surface area contributed by atoms with Gasteiger partial charge in [-0.05, 0) is 56.5 Å². The molecule has 4 aromatic rings. The number of hydrogen-bond donors (Lipinski definition) is 1. The van der Waals surface area contributed by atoms with Crippen molar-refractivity contribution in [2.24, 2.45) is 0 Å². The van der Waals surface area contributed by atoms with Gasteiger partial charge in [0, 0.05) is 26.2 Å². The highest BCUT2D eigenvalue weighted by Gasteiger charge is 2.32.